The predicted molar refractivity (Wildman–Crippen MR) is 58.4 cm³/mol. The van der Waals surface area contributed by atoms with E-state index in [0.29, 0.717) is 18.4 Å². The molecule has 0 saturated carbocycles. The molecule has 82 valence electrons. The van der Waals surface area contributed by atoms with Crippen LogP contribution in [0, 0.1) is 0 Å². The van der Waals surface area contributed by atoms with Crippen LogP contribution in [-0.4, -0.2) is 54.9 Å². The maximum Gasteiger partial charge on any atom is 0.146 e. The van der Waals surface area contributed by atoms with Crippen LogP contribution in [0.2, 0.25) is 0 Å². The third-order valence-corrected chi connectivity index (χ3v) is 2.97. The van der Waals surface area contributed by atoms with E-state index in [1.54, 1.807) is 0 Å². The Labute approximate surface area is 87.1 Å². The maximum atomic E-state index is 11.4. The lowest BCUT2D eigenvalue weighted by atomic mass is 10.1. The Morgan fingerprint density at radius 2 is 2.14 bits per heavy atom. The van der Waals surface area contributed by atoms with Crippen molar-refractivity contribution in [3.8, 4) is 0 Å². The highest BCUT2D eigenvalue weighted by atomic mass is 16.1. The van der Waals surface area contributed by atoms with Gasteiger partial charge in [0.2, 0.25) is 0 Å². The number of Topliss-reactive ketones (excluding diaryl/α,β-unsaturated/α-hetero) is 1. The second-order valence-corrected chi connectivity index (χ2v) is 4.35. The monoisotopic (exact) mass is 198 g/mol. The van der Waals surface area contributed by atoms with Crippen molar-refractivity contribution in [1.82, 2.24) is 9.80 Å². The van der Waals surface area contributed by atoms with Crippen molar-refractivity contribution in [3.63, 3.8) is 0 Å². The van der Waals surface area contributed by atoms with Gasteiger partial charge in [0.1, 0.15) is 5.78 Å². The van der Waals surface area contributed by atoms with Crippen molar-refractivity contribution in [2.24, 2.45) is 0 Å². The molecule has 1 fully saturated rings. The molecule has 1 aliphatic rings. The summed E-state index contributed by atoms with van der Waals surface area (Å²) in [5, 5.41) is 0. The molecule has 0 aromatic carbocycles. The molecular weight excluding hydrogens is 176 g/mol. The van der Waals surface area contributed by atoms with Crippen LogP contribution >= 0.6 is 0 Å². The van der Waals surface area contributed by atoms with E-state index in [4.69, 9.17) is 0 Å². The van der Waals surface area contributed by atoms with Gasteiger partial charge in [-0.05, 0) is 20.4 Å². The second-order valence-electron chi connectivity index (χ2n) is 4.35. The minimum atomic E-state index is 0.393. The highest BCUT2D eigenvalue weighted by Crippen LogP contribution is 2.07. The van der Waals surface area contributed by atoms with E-state index < -0.39 is 0 Å². The lowest BCUT2D eigenvalue weighted by Gasteiger charge is -2.37. The largest absolute Gasteiger partial charge is 0.301 e. The van der Waals surface area contributed by atoms with E-state index in [-0.39, 0.29) is 0 Å². The Kier molecular flexibility index (Phi) is 4.55. The van der Waals surface area contributed by atoms with Crippen molar-refractivity contribution >= 4 is 5.78 Å². The number of ketones is 1. The Hall–Kier alpha value is -0.410. The van der Waals surface area contributed by atoms with Crippen molar-refractivity contribution in [2.45, 2.75) is 32.7 Å². The molecular formula is C11H22N2O. The highest BCUT2D eigenvalue weighted by Gasteiger charge is 2.21. The molecule has 0 radical (unpaired) electrons. The van der Waals surface area contributed by atoms with Crippen LogP contribution < -0.4 is 0 Å². The second kappa shape index (κ2) is 5.47. The fourth-order valence-electron chi connectivity index (χ4n) is 1.87. The zero-order chi connectivity index (χ0) is 10.6. The van der Waals surface area contributed by atoms with E-state index in [9.17, 15) is 4.79 Å². The molecule has 1 heterocycles. The van der Waals surface area contributed by atoms with Gasteiger partial charge in [0.05, 0.1) is 6.54 Å². The van der Waals surface area contributed by atoms with Crippen molar-refractivity contribution in [1.29, 1.82) is 0 Å². The topological polar surface area (TPSA) is 23.6 Å². The number of carbonyl (C=O) groups excluding carboxylic acids is 1. The SMILES string of the molecule is CCCC(=O)CN1CCN(C)C(C)C1. The summed E-state index contributed by atoms with van der Waals surface area (Å²) in [6.07, 6.45) is 1.71. The number of piperazine rings is 1. The fourth-order valence-corrected chi connectivity index (χ4v) is 1.87. The summed E-state index contributed by atoms with van der Waals surface area (Å²) in [4.78, 5) is 16.1. The van der Waals surface area contributed by atoms with Crippen LogP contribution in [0.1, 0.15) is 26.7 Å². The Morgan fingerprint density at radius 1 is 1.43 bits per heavy atom. The van der Waals surface area contributed by atoms with Crippen molar-refractivity contribution < 1.29 is 4.79 Å². The van der Waals surface area contributed by atoms with E-state index >= 15 is 0 Å². The van der Waals surface area contributed by atoms with E-state index in [0.717, 1.165) is 32.5 Å². The third-order valence-electron chi connectivity index (χ3n) is 2.97. The smallest absolute Gasteiger partial charge is 0.146 e. The zero-order valence-corrected chi connectivity index (χ0v) is 9.62. The zero-order valence-electron chi connectivity index (χ0n) is 9.62. The Morgan fingerprint density at radius 3 is 2.71 bits per heavy atom. The first-order chi connectivity index (χ1) is 6.63. The third kappa shape index (κ3) is 3.39. The standard InChI is InChI=1S/C11H22N2O/c1-4-5-11(14)9-13-7-6-12(3)10(2)8-13/h10H,4-9H2,1-3H3. The molecule has 0 spiro atoms. The number of carbonyl (C=O) groups is 1. The first kappa shape index (κ1) is 11.7. The maximum absolute atomic E-state index is 11.4. The number of likely N-dealkylation sites (N-methyl/N-ethyl adjacent to an activating group) is 1. The number of hydrogen-bond acceptors (Lipinski definition) is 3. The van der Waals surface area contributed by atoms with Gasteiger partial charge in [-0.3, -0.25) is 9.69 Å². The number of rotatable bonds is 4. The van der Waals surface area contributed by atoms with Gasteiger partial charge >= 0.3 is 0 Å². The molecule has 1 saturated heterocycles. The first-order valence-corrected chi connectivity index (χ1v) is 5.57. The van der Waals surface area contributed by atoms with E-state index in [2.05, 4.69) is 30.7 Å². The van der Waals surface area contributed by atoms with Gasteiger partial charge in [-0.25, -0.2) is 0 Å². The van der Waals surface area contributed by atoms with Crippen LogP contribution in [0.4, 0.5) is 0 Å². The van der Waals surface area contributed by atoms with E-state index in [1.165, 1.54) is 0 Å². The molecule has 1 aliphatic heterocycles. The van der Waals surface area contributed by atoms with Crippen LogP contribution in [0.15, 0.2) is 0 Å². The highest BCUT2D eigenvalue weighted by molar-refractivity contribution is 5.80. The minimum Gasteiger partial charge on any atom is -0.301 e. The molecule has 0 aromatic rings. The normalized spacial score (nSPS) is 25.2. The lowest BCUT2D eigenvalue weighted by molar-refractivity contribution is -0.120. The summed E-state index contributed by atoms with van der Waals surface area (Å²) < 4.78 is 0. The molecule has 14 heavy (non-hydrogen) atoms. The lowest BCUT2D eigenvalue weighted by Crippen LogP contribution is -2.51. The van der Waals surface area contributed by atoms with Crippen molar-refractivity contribution in [3.05, 3.63) is 0 Å². The molecule has 1 rings (SSSR count). The van der Waals surface area contributed by atoms with Crippen LogP contribution in [0.5, 0.6) is 0 Å². The average molecular weight is 198 g/mol. The number of hydrogen-bond donors (Lipinski definition) is 0. The molecule has 0 N–H and O–H groups in total. The van der Waals surface area contributed by atoms with Gasteiger partial charge < -0.3 is 4.90 Å². The van der Waals surface area contributed by atoms with Crippen LogP contribution in [0.25, 0.3) is 0 Å². The quantitative estimate of drug-likeness (QED) is 0.673. The van der Waals surface area contributed by atoms with Crippen LogP contribution in [0.3, 0.4) is 0 Å². The summed E-state index contributed by atoms with van der Waals surface area (Å²) in [6, 6.07) is 0.582. The molecule has 0 amide bonds. The van der Waals surface area contributed by atoms with Gasteiger partial charge in [0.25, 0.3) is 0 Å². The Bertz CT molecular complexity index is 194. The predicted octanol–water partition coefficient (Wildman–Crippen LogP) is 0.991. The number of nitrogens with zero attached hydrogens (tertiary/aromatic N) is 2. The summed E-state index contributed by atoms with van der Waals surface area (Å²) in [7, 11) is 2.15. The van der Waals surface area contributed by atoms with Crippen molar-refractivity contribution in [2.75, 3.05) is 33.2 Å². The molecule has 1 atom stereocenters. The molecule has 3 heteroatoms. The van der Waals surface area contributed by atoms with Gasteiger partial charge in [-0.1, -0.05) is 6.92 Å². The molecule has 0 bridgehead atoms. The fraction of sp³-hybridized carbons (Fsp3) is 0.909. The summed E-state index contributed by atoms with van der Waals surface area (Å²) in [5.41, 5.74) is 0. The summed E-state index contributed by atoms with van der Waals surface area (Å²) in [5.74, 6) is 0.393. The summed E-state index contributed by atoms with van der Waals surface area (Å²) >= 11 is 0. The van der Waals surface area contributed by atoms with Gasteiger partial charge in [-0.15, -0.1) is 0 Å². The van der Waals surface area contributed by atoms with E-state index in [1.807, 2.05) is 0 Å². The average Bonchev–Trinajstić information content (AvgIpc) is 2.12. The van der Waals surface area contributed by atoms with Gasteiger partial charge in [-0.2, -0.15) is 0 Å². The van der Waals surface area contributed by atoms with Gasteiger partial charge in [0, 0.05) is 32.1 Å². The summed E-state index contributed by atoms with van der Waals surface area (Å²) in [6.45, 7) is 8.09. The molecule has 0 aliphatic carbocycles. The molecule has 1 unspecified atom stereocenters. The van der Waals surface area contributed by atoms with Gasteiger partial charge in [0.15, 0.2) is 0 Å². The molecule has 0 aromatic heterocycles. The van der Waals surface area contributed by atoms with Crippen LogP contribution in [-0.2, 0) is 4.79 Å². The first-order valence-electron chi connectivity index (χ1n) is 5.57. The molecule has 3 nitrogen and oxygen atoms in total. The minimum absolute atomic E-state index is 0.393. The Balaban J connectivity index is 2.29.